The highest BCUT2D eigenvalue weighted by Crippen LogP contribution is 2.35. The number of methoxy groups -OCH3 is 2. The van der Waals surface area contributed by atoms with Crippen LogP contribution in [0.4, 0.5) is 28.6 Å². The maximum atomic E-state index is 12.9. The van der Waals surface area contributed by atoms with Crippen molar-refractivity contribution in [2.45, 2.75) is 20.3 Å². The number of amides is 1. The summed E-state index contributed by atoms with van der Waals surface area (Å²) < 4.78 is 10.6. The maximum absolute atomic E-state index is 12.9. The number of Topliss-reactive ketones (excluding diaryl/α,β-unsaturated/α-hetero) is 1. The number of carbonyl (C=O) groups excluding carboxylic acids is 2. The van der Waals surface area contributed by atoms with Crippen molar-refractivity contribution in [2.75, 3.05) is 73.9 Å². The second-order valence-electron chi connectivity index (χ2n) is 11.0. The molecule has 0 aliphatic carbocycles. The number of aromatic nitrogens is 2. The molecule has 45 heavy (non-hydrogen) atoms. The molecule has 236 valence electrons. The van der Waals surface area contributed by atoms with E-state index in [0.29, 0.717) is 30.0 Å². The first-order valence-corrected chi connectivity index (χ1v) is 15.1. The monoisotopic (exact) mass is 611 g/mol. The molecule has 1 aliphatic heterocycles. The fourth-order valence-electron chi connectivity index (χ4n) is 5.42. The Kier molecular flexibility index (Phi) is 10.1. The molecule has 2 heterocycles. The molecule has 5 rings (SSSR count). The average molecular weight is 612 g/mol. The number of nitrogens with zero attached hydrogens (tertiary/aromatic N) is 3. The topological polar surface area (TPSA) is 124 Å². The van der Waals surface area contributed by atoms with Gasteiger partial charge < -0.3 is 35.2 Å². The van der Waals surface area contributed by atoms with Gasteiger partial charge in [0, 0.05) is 55.7 Å². The first-order valence-electron chi connectivity index (χ1n) is 15.1. The molecule has 1 aliphatic rings. The normalized spacial score (nSPS) is 12.9. The van der Waals surface area contributed by atoms with E-state index >= 15 is 0 Å². The van der Waals surface area contributed by atoms with Gasteiger partial charge in [0.15, 0.2) is 11.6 Å². The van der Waals surface area contributed by atoms with E-state index < -0.39 is 0 Å². The predicted molar refractivity (Wildman–Crippen MR) is 179 cm³/mol. The highest BCUT2D eigenvalue weighted by Gasteiger charge is 2.23. The van der Waals surface area contributed by atoms with Crippen LogP contribution in [0.25, 0.3) is 0 Å². The van der Waals surface area contributed by atoms with Crippen LogP contribution in [-0.2, 0) is 11.2 Å². The van der Waals surface area contributed by atoms with Gasteiger partial charge in [-0.2, -0.15) is 5.10 Å². The third-order valence-corrected chi connectivity index (χ3v) is 7.85. The molecule has 11 heteroatoms. The van der Waals surface area contributed by atoms with E-state index in [1.165, 1.54) is 0 Å². The molecule has 0 unspecified atom stereocenters. The van der Waals surface area contributed by atoms with Gasteiger partial charge >= 0.3 is 0 Å². The van der Waals surface area contributed by atoms with E-state index in [-0.39, 0.29) is 18.2 Å². The Hall–Kier alpha value is -5.19. The Morgan fingerprint density at radius 1 is 0.889 bits per heavy atom. The molecule has 0 spiro atoms. The van der Waals surface area contributed by atoms with Crippen LogP contribution in [0.3, 0.4) is 0 Å². The van der Waals surface area contributed by atoms with Crippen LogP contribution < -0.4 is 35.2 Å². The quantitative estimate of drug-likeness (QED) is 0.158. The third-order valence-electron chi connectivity index (χ3n) is 7.85. The summed E-state index contributed by atoms with van der Waals surface area (Å²) in [4.78, 5) is 30.3. The smallest absolute Gasteiger partial charge is 0.239 e. The number of ketones is 1. The Labute approximate surface area is 263 Å². The van der Waals surface area contributed by atoms with Crippen molar-refractivity contribution in [3.8, 4) is 11.5 Å². The molecule has 0 saturated carbocycles. The summed E-state index contributed by atoms with van der Waals surface area (Å²) in [5.74, 6) is 2.02. The number of aromatic amines is 1. The highest BCUT2D eigenvalue weighted by atomic mass is 16.5. The number of hydrogen-bond donors (Lipinski definition) is 4. The minimum atomic E-state index is -0.133. The van der Waals surface area contributed by atoms with Gasteiger partial charge in [-0.1, -0.05) is 12.1 Å². The number of piperazine rings is 1. The summed E-state index contributed by atoms with van der Waals surface area (Å²) >= 11 is 0. The van der Waals surface area contributed by atoms with Crippen LogP contribution >= 0.6 is 0 Å². The fourth-order valence-corrected chi connectivity index (χ4v) is 5.42. The number of anilines is 5. The lowest BCUT2D eigenvalue weighted by molar-refractivity contribution is -0.119. The van der Waals surface area contributed by atoms with E-state index in [1.54, 1.807) is 21.1 Å². The number of benzene rings is 3. The Balaban J connectivity index is 1.31. The lowest BCUT2D eigenvalue weighted by Crippen LogP contribution is -2.46. The van der Waals surface area contributed by atoms with Crippen molar-refractivity contribution in [3.63, 3.8) is 0 Å². The Morgan fingerprint density at radius 3 is 2.29 bits per heavy atom. The Morgan fingerprint density at radius 2 is 1.62 bits per heavy atom. The molecule has 1 fully saturated rings. The van der Waals surface area contributed by atoms with Gasteiger partial charge in [-0.25, -0.2) is 0 Å². The van der Waals surface area contributed by atoms with Crippen molar-refractivity contribution < 1.29 is 19.1 Å². The molecule has 11 nitrogen and oxygen atoms in total. The SMILES string of the molecule is COc1ccc(N2CCN(c3cc(Nc4cc(C)[nH]n4)c(C(C)=O)cc3NCC(=O)NCCc3cccc(OC)c3)CC2)cc1. The number of rotatable bonds is 13. The van der Waals surface area contributed by atoms with E-state index in [4.69, 9.17) is 9.47 Å². The molecule has 4 N–H and O–H groups in total. The highest BCUT2D eigenvalue weighted by molar-refractivity contribution is 6.03. The number of hydrogen-bond acceptors (Lipinski definition) is 9. The van der Waals surface area contributed by atoms with Crippen molar-refractivity contribution in [1.29, 1.82) is 0 Å². The summed E-state index contributed by atoms with van der Waals surface area (Å²) in [7, 11) is 3.30. The van der Waals surface area contributed by atoms with Crippen molar-refractivity contribution in [1.82, 2.24) is 15.5 Å². The van der Waals surface area contributed by atoms with Crippen LogP contribution in [0.5, 0.6) is 11.5 Å². The summed E-state index contributed by atoms with van der Waals surface area (Å²) in [6, 6.07) is 21.6. The van der Waals surface area contributed by atoms with Crippen LogP contribution in [0, 0.1) is 6.92 Å². The number of nitrogens with one attached hydrogen (secondary N) is 4. The van der Waals surface area contributed by atoms with E-state index in [2.05, 4.69) is 48.1 Å². The van der Waals surface area contributed by atoms with Crippen LogP contribution in [0.2, 0.25) is 0 Å². The molecule has 1 aromatic heterocycles. The van der Waals surface area contributed by atoms with E-state index in [1.807, 2.05) is 61.5 Å². The zero-order valence-corrected chi connectivity index (χ0v) is 26.3. The summed E-state index contributed by atoms with van der Waals surface area (Å²) in [5.41, 5.74) is 5.94. The lowest BCUT2D eigenvalue weighted by Gasteiger charge is -2.38. The van der Waals surface area contributed by atoms with Gasteiger partial charge in [0.2, 0.25) is 5.91 Å². The molecule has 0 atom stereocenters. The van der Waals surface area contributed by atoms with Crippen molar-refractivity contribution in [3.05, 3.63) is 83.6 Å². The predicted octanol–water partition coefficient (Wildman–Crippen LogP) is 4.78. The second-order valence-corrected chi connectivity index (χ2v) is 11.0. The van der Waals surface area contributed by atoms with Crippen LogP contribution in [0.1, 0.15) is 28.5 Å². The summed E-state index contributed by atoms with van der Waals surface area (Å²) in [6.45, 7) is 7.17. The molecule has 1 amide bonds. The number of ether oxygens (including phenoxy) is 2. The molecule has 1 saturated heterocycles. The molecule has 4 aromatic rings. The average Bonchev–Trinajstić information content (AvgIpc) is 3.48. The van der Waals surface area contributed by atoms with Gasteiger partial charge in [-0.15, -0.1) is 0 Å². The van der Waals surface area contributed by atoms with Gasteiger partial charge in [-0.3, -0.25) is 14.7 Å². The zero-order valence-electron chi connectivity index (χ0n) is 26.3. The van der Waals surface area contributed by atoms with Crippen molar-refractivity contribution >= 4 is 40.3 Å². The number of carbonyl (C=O) groups is 2. The standard InChI is InChI=1S/C34H41N7O4/c1-23-18-33(39-38-23)37-30-21-32(41-16-14-40(15-17-41)26-8-10-27(44-3)11-9-26)31(20-29(30)24(2)42)36-22-34(43)35-13-12-25-6-5-7-28(19-25)45-4/h5-11,18-21,36H,12-17,22H2,1-4H3,(H,35,43)(H2,37,38,39). The molecule has 0 radical (unpaired) electrons. The van der Waals surface area contributed by atoms with E-state index in [0.717, 1.165) is 66.0 Å². The van der Waals surface area contributed by atoms with Gasteiger partial charge in [0.25, 0.3) is 0 Å². The first-order chi connectivity index (χ1) is 21.8. The van der Waals surface area contributed by atoms with Gasteiger partial charge in [-0.05, 0) is 74.4 Å². The van der Waals surface area contributed by atoms with Crippen LogP contribution in [-0.4, -0.2) is 75.4 Å². The second kappa shape index (κ2) is 14.5. The maximum Gasteiger partial charge on any atom is 0.239 e. The minimum Gasteiger partial charge on any atom is -0.497 e. The summed E-state index contributed by atoms with van der Waals surface area (Å²) in [5, 5.41) is 16.9. The lowest BCUT2D eigenvalue weighted by atomic mass is 10.0. The fraction of sp³-hybridized carbons (Fsp3) is 0.324. The summed E-state index contributed by atoms with van der Waals surface area (Å²) in [6.07, 6.45) is 0.689. The molecular formula is C34H41N7O4. The molecule has 3 aromatic carbocycles. The molecular weight excluding hydrogens is 570 g/mol. The minimum absolute atomic E-state index is 0.0691. The first kappa shape index (κ1) is 31.2. The van der Waals surface area contributed by atoms with Crippen LogP contribution in [0.15, 0.2) is 66.7 Å². The number of H-pyrrole nitrogens is 1. The Bertz CT molecular complexity index is 1610. The van der Waals surface area contributed by atoms with Crippen molar-refractivity contribution in [2.24, 2.45) is 0 Å². The number of aryl methyl sites for hydroxylation is 1. The van der Waals surface area contributed by atoms with E-state index in [9.17, 15) is 9.59 Å². The zero-order chi connectivity index (χ0) is 31.8. The third kappa shape index (κ3) is 8.05. The largest absolute Gasteiger partial charge is 0.497 e. The molecule has 0 bridgehead atoms. The van der Waals surface area contributed by atoms with Gasteiger partial charge in [0.05, 0.1) is 37.8 Å². The van der Waals surface area contributed by atoms with Gasteiger partial charge in [0.1, 0.15) is 11.5 Å².